The highest BCUT2D eigenvalue weighted by atomic mass is 32.1. The highest BCUT2D eigenvalue weighted by Crippen LogP contribution is 2.53. The number of anilines is 1. The van der Waals surface area contributed by atoms with Crippen LogP contribution in [-0.2, 0) is 27.2 Å². The molecular weight excluding hydrogens is 366 g/mol. The van der Waals surface area contributed by atoms with E-state index < -0.39 is 23.8 Å². The first-order valence-electron chi connectivity index (χ1n) is 9.77. The van der Waals surface area contributed by atoms with E-state index in [1.165, 1.54) is 18.4 Å². The Morgan fingerprint density at radius 3 is 2.48 bits per heavy atom. The van der Waals surface area contributed by atoms with Gasteiger partial charge in [-0.3, -0.25) is 9.59 Å². The third-order valence-corrected chi connectivity index (χ3v) is 7.76. The van der Waals surface area contributed by atoms with E-state index in [9.17, 15) is 19.5 Å². The van der Waals surface area contributed by atoms with Gasteiger partial charge in [-0.25, -0.2) is 4.79 Å². The number of thiophene rings is 1. The number of rotatable bonds is 4. The summed E-state index contributed by atoms with van der Waals surface area (Å²) in [4.78, 5) is 38.3. The molecule has 4 atom stereocenters. The van der Waals surface area contributed by atoms with Gasteiger partial charge in [0.25, 0.3) is 0 Å². The van der Waals surface area contributed by atoms with Crippen molar-refractivity contribution in [1.82, 2.24) is 0 Å². The van der Waals surface area contributed by atoms with Crippen molar-refractivity contribution in [2.24, 2.45) is 23.7 Å². The minimum absolute atomic E-state index is 0.100. The van der Waals surface area contributed by atoms with Gasteiger partial charge in [0.05, 0.1) is 24.5 Å². The number of hydrogen-bond acceptors (Lipinski definition) is 5. The molecule has 0 aromatic carbocycles. The highest BCUT2D eigenvalue weighted by Gasteiger charge is 2.54. The summed E-state index contributed by atoms with van der Waals surface area (Å²) in [5.74, 6) is -2.43. The first-order valence-corrected chi connectivity index (χ1v) is 10.6. The molecule has 1 amide bonds. The zero-order valence-electron chi connectivity index (χ0n) is 15.5. The van der Waals surface area contributed by atoms with E-state index in [-0.39, 0.29) is 17.7 Å². The third-order valence-electron chi connectivity index (χ3n) is 6.55. The van der Waals surface area contributed by atoms with Crippen LogP contribution in [0.1, 0.15) is 59.3 Å². The van der Waals surface area contributed by atoms with Gasteiger partial charge in [-0.05, 0) is 62.3 Å². The molecule has 2 bridgehead atoms. The molecule has 0 radical (unpaired) electrons. The summed E-state index contributed by atoms with van der Waals surface area (Å²) in [6, 6.07) is 0. The first-order chi connectivity index (χ1) is 13.0. The fourth-order valence-corrected chi connectivity index (χ4v) is 6.65. The van der Waals surface area contributed by atoms with Gasteiger partial charge in [-0.2, -0.15) is 0 Å². The van der Waals surface area contributed by atoms with Crippen molar-refractivity contribution in [1.29, 1.82) is 0 Å². The Morgan fingerprint density at radius 2 is 1.78 bits per heavy atom. The molecule has 0 unspecified atom stereocenters. The molecule has 7 heteroatoms. The molecule has 2 saturated carbocycles. The Bertz CT molecular complexity index is 786. The quantitative estimate of drug-likeness (QED) is 0.605. The average Bonchev–Trinajstić information content (AvgIpc) is 3.30. The maximum absolute atomic E-state index is 13.0. The number of carbonyl (C=O) groups excluding carboxylic acids is 2. The van der Waals surface area contributed by atoms with Gasteiger partial charge in [0.15, 0.2) is 0 Å². The fourth-order valence-electron chi connectivity index (χ4n) is 5.37. The smallest absolute Gasteiger partial charge is 0.341 e. The summed E-state index contributed by atoms with van der Waals surface area (Å²) in [5, 5.41) is 13.1. The van der Waals surface area contributed by atoms with Gasteiger partial charge < -0.3 is 15.2 Å². The molecule has 146 valence electrons. The number of carboxylic acids is 1. The number of ether oxygens (including phenoxy) is 1. The molecule has 0 spiro atoms. The second-order valence-corrected chi connectivity index (χ2v) is 9.08. The number of aliphatic carboxylic acids is 1. The number of methoxy groups -OCH3 is 1. The number of hydrogen-bond donors (Lipinski definition) is 2. The van der Waals surface area contributed by atoms with E-state index in [2.05, 4.69) is 5.32 Å². The van der Waals surface area contributed by atoms with Crippen molar-refractivity contribution in [3.05, 3.63) is 16.0 Å². The Morgan fingerprint density at radius 1 is 1.07 bits per heavy atom. The van der Waals surface area contributed by atoms with Gasteiger partial charge in [0, 0.05) is 4.88 Å². The van der Waals surface area contributed by atoms with Crippen LogP contribution >= 0.6 is 11.3 Å². The standard InChI is InChI=1S/C20H25NO5S/c1-26-20(25)16-12-5-3-2-4-6-13(12)27-18(16)21-17(22)14-10-7-8-11(9-10)15(14)19(23)24/h10-11,14-15H,2-9H2,1H3,(H,21,22)(H,23,24)/t10-,11-,14+,15-/m0/s1. The number of carboxylic acid groups (broad SMARTS) is 1. The first kappa shape index (κ1) is 18.5. The van der Waals surface area contributed by atoms with Gasteiger partial charge in [0.2, 0.25) is 5.91 Å². The van der Waals surface area contributed by atoms with E-state index in [1.807, 2.05) is 0 Å². The largest absolute Gasteiger partial charge is 0.481 e. The lowest BCUT2D eigenvalue weighted by Gasteiger charge is -2.26. The van der Waals surface area contributed by atoms with E-state index in [0.29, 0.717) is 10.6 Å². The maximum Gasteiger partial charge on any atom is 0.341 e. The number of aryl methyl sites for hydroxylation is 1. The molecule has 0 saturated heterocycles. The summed E-state index contributed by atoms with van der Waals surface area (Å²) < 4.78 is 4.98. The van der Waals surface area contributed by atoms with Crippen LogP contribution in [0.2, 0.25) is 0 Å². The van der Waals surface area contributed by atoms with Crippen LogP contribution < -0.4 is 5.32 Å². The SMILES string of the molecule is COC(=O)c1c(NC(=O)[C@@H]2[C@H]3CC[C@@H](C3)[C@@H]2C(=O)O)sc2c1CCCCC2. The Kier molecular flexibility index (Phi) is 4.97. The maximum atomic E-state index is 13.0. The van der Waals surface area contributed by atoms with Crippen molar-refractivity contribution in [3.63, 3.8) is 0 Å². The van der Waals surface area contributed by atoms with Crippen molar-refractivity contribution in [2.75, 3.05) is 12.4 Å². The van der Waals surface area contributed by atoms with Gasteiger partial charge in [-0.15, -0.1) is 11.3 Å². The van der Waals surface area contributed by atoms with Crippen LogP contribution in [0.15, 0.2) is 0 Å². The van der Waals surface area contributed by atoms with Crippen molar-refractivity contribution in [2.45, 2.75) is 51.4 Å². The number of fused-ring (bicyclic) bond motifs is 3. The summed E-state index contributed by atoms with van der Waals surface area (Å²) in [5.41, 5.74) is 1.48. The van der Waals surface area contributed by atoms with Crippen LogP contribution in [0.25, 0.3) is 0 Å². The third kappa shape index (κ3) is 3.16. The Balaban J connectivity index is 1.63. The minimum atomic E-state index is -0.877. The summed E-state index contributed by atoms with van der Waals surface area (Å²) in [6.07, 6.45) is 7.59. The molecule has 1 heterocycles. The second kappa shape index (κ2) is 7.26. The molecule has 1 aromatic heterocycles. The molecule has 4 rings (SSSR count). The Labute approximate surface area is 162 Å². The number of nitrogens with one attached hydrogen (secondary N) is 1. The molecule has 27 heavy (non-hydrogen) atoms. The van der Waals surface area contributed by atoms with Crippen LogP contribution in [0.5, 0.6) is 0 Å². The second-order valence-electron chi connectivity index (χ2n) is 7.97. The molecule has 1 aromatic rings. The van der Waals surface area contributed by atoms with E-state index >= 15 is 0 Å². The molecule has 6 nitrogen and oxygen atoms in total. The number of carbonyl (C=O) groups is 3. The zero-order valence-corrected chi connectivity index (χ0v) is 16.3. The summed E-state index contributed by atoms with van der Waals surface area (Å²) >= 11 is 1.46. The van der Waals surface area contributed by atoms with Gasteiger partial charge in [-0.1, -0.05) is 6.42 Å². The Hall–Kier alpha value is -1.89. The van der Waals surface area contributed by atoms with Crippen LogP contribution in [0.3, 0.4) is 0 Å². The van der Waals surface area contributed by atoms with Crippen LogP contribution in [0, 0.1) is 23.7 Å². The topological polar surface area (TPSA) is 92.7 Å². The summed E-state index contributed by atoms with van der Waals surface area (Å²) in [7, 11) is 1.35. The minimum Gasteiger partial charge on any atom is -0.481 e. The van der Waals surface area contributed by atoms with Gasteiger partial charge >= 0.3 is 11.9 Å². The van der Waals surface area contributed by atoms with Crippen molar-refractivity contribution >= 4 is 34.2 Å². The molecule has 2 fully saturated rings. The predicted octanol–water partition coefficient (Wildman–Crippen LogP) is 3.49. The van der Waals surface area contributed by atoms with E-state index in [1.54, 1.807) is 0 Å². The lowest BCUT2D eigenvalue weighted by molar-refractivity contribution is -0.148. The number of esters is 1. The lowest BCUT2D eigenvalue weighted by Crippen LogP contribution is -2.38. The molecule has 0 aliphatic heterocycles. The molecular formula is C20H25NO5S. The lowest BCUT2D eigenvalue weighted by atomic mass is 9.79. The van der Waals surface area contributed by atoms with Crippen molar-refractivity contribution in [3.8, 4) is 0 Å². The molecule has 2 N–H and O–H groups in total. The summed E-state index contributed by atoms with van der Waals surface area (Å²) in [6.45, 7) is 0. The van der Waals surface area contributed by atoms with Crippen molar-refractivity contribution < 1.29 is 24.2 Å². The predicted molar refractivity (Wildman–Crippen MR) is 101 cm³/mol. The highest BCUT2D eigenvalue weighted by molar-refractivity contribution is 7.17. The monoisotopic (exact) mass is 391 g/mol. The van der Waals surface area contributed by atoms with Crippen LogP contribution in [-0.4, -0.2) is 30.1 Å². The van der Waals surface area contributed by atoms with Gasteiger partial charge in [0.1, 0.15) is 5.00 Å². The van der Waals surface area contributed by atoms with E-state index in [0.717, 1.165) is 61.8 Å². The zero-order chi connectivity index (χ0) is 19.1. The normalized spacial score (nSPS) is 29.1. The number of amides is 1. The van der Waals surface area contributed by atoms with Crippen LogP contribution in [0.4, 0.5) is 5.00 Å². The molecule has 3 aliphatic rings. The average molecular weight is 391 g/mol. The fraction of sp³-hybridized carbons (Fsp3) is 0.650. The molecule has 3 aliphatic carbocycles. The van der Waals surface area contributed by atoms with E-state index in [4.69, 9.17) is 4.74 Å².